The molecule has 0 heterocycles. The third kappa shape index (κ3) is 9.63. The molecule has 0 aliphatic heterocycles. The molecule has 7 nitrogen and oxygen atoms in total. The second kappa shape index (κ2) is 8.88. The van der Waals surface area contributed by atoms with Crippen LogP contribution in [0.3, 0.4) is 0 Å². The second-order valence-electron chi connectivity index (χ2n) is 8.34. The van der Waals surface area contributed by atoms with E-state index < -0.39 is 23.4 Å². The Labute approximate surface area is 161 Å². The number of nitrogens with one attached hydrogen (secondary N) is 2. The Morgan fingerprint density at radius 2 is 1.37 bits per heavy atom. The third-order valence-electron chi connectivity index (χ3n) is 3.23. The summed E-state index contributed by atoms with van der Waals surface area (Å²) in [6, 6.07) is 5.96. The Hall–Kier alpha value is -2.57. The molecule has 0 unspecified atom stereocenters. The quantitative estimate of drug-likeness (QED) is 0.597. The number of benzene rings is 1. The number of hydrogen-bond acceptors (Lipinski definition) is 5. The van der Waals surface area contributed by atoms with Crippen molar-refractivity contribution in [3.63, 3.8) is 0 Å². The van der Waals surface area contributed by atoms with Gasteiger partial charge in [0.15, 0.2) is 0 Å². The average Bonchev–Trinajstić information content (AvgIpc) is 2.44. The van der Waals surface area contributed by atoms with Crippen LogP contribution in [0.15, 0.2) is 23.2 Å². The lowest BCUT2D eigenvalue weighted by Crippen LogP contribution is -2.47. The van der Waals surface area contributed by atoms with Gasteiger partial charge in [-0.15, -0.1) is 0 Å². The number of aryl methyl sites for hydroxylation is 2. The molecule has 1 rings (SSSR count). The predicted molar refractivity (Wildman–Crippen MR) is 106 cm³/mol. The van der Waals surface area contributed by atoms with Gasteiger partial charge in [-0.3, -0.25) is 10.6 Å². The van der Waals surface area contributed by atoms with Crippen LogP contribution in [0.25, 0.3) is 0 Å². The number of carbonyl (C=O) groups excluding carboxylic acids is 2. The molecule has 7 heteroatoms. The van der Waals surface area contributed by atoms with Gasteiger partial charge in [0.25, 0.3) is 0 Å². The molecule has 0 aromatic heterocycles. The van der Waals surface area contributed by atoms with E-state index in [2.05, 4.69) is 15.6 Å². The molecule has 0 atom stereocenters. The summed E-state index contributed by atoms with van der Waals surface area (Å²) in [6.45, 7) is 14.8. The Balaban J connectivity index is 2.92. The minimum atomic E-state index is -0.711. The Morgan fingerprint density at radius 1 is 0.889 bits per heavy atom. The van der Waals surface area contributed by atoms with E-state index in [1.54, 1.807) is 41.5 Å². The molecule has 150 valence electrons. The Kier molecular flexibility index (Phi) is 7.39. The Bertz CT molecular complexity index is 681. The summed E-state index contributed by atoms with van der Waals surface area (Å²) < 4.78 is 10.4. The zero-order valence-electron chi connectivity index (χ0n) is 17.5. The summed E-state index contributed by atoms with van der Waals surface area (Å²) in [5.74, 6) is -0.0308. The van der Waals surface area contributed by atoms with Crippen LogP contribution in [0.4, 0.5) is 9.59 Å². The zero-order valence-corrected chi connectivity index (χ0v) is 17.5. The molecular weight excluding hydrogens is 346 g/mol. The lowest BCUT2D eigenvalue weighted by atomic mass is 10.1. The summed E-state index contributed by atoms with van der Waals surface area (Å²) in [7, 11) is 0. The van der Waals surface area contributed by atoms with Crippen molar-refractivity contribution in [1.29, 1.82) is 0 Å². The highest BCUT2D eigenvalue weighted by Gasteiger charge is 2.21. The molecule has 1 aromatic carbocycles. The van der Waals surface area contributed by atoms with Crippen molar-refractivity contribution >= 4 is 18.1 Å². The maximum absolute atomic E-state index is 12.0. The average molecular weight is 377 g/mol. The van der Waals surface area contributed by atoms with Crippen LogP contribution in [0.2, 0.25) is 0 Å². The van der Waals surface area contributed by atoms with Crippen LogP contribution in [0.1, 0.15) is 58.2 Å². The van der Waals surface area contributed by atoms with E-state index in [0.717, 1.165) is 11.1 Å². The maximum Gasteiger partial charge on any atom is 0.414 e. The first-order valence-corrected chi connectivity index (χ1v) is 8.86. The standard InChI is InChI=1S/C20H31N3O4/c1-13-9-10-15(11-14(13)2)12-21-16(22-17(24)26-19(3,4)5)23-18(25)27-20(6,7)8/h9-11H,12H2,1-8H3,(H2,21,22,23,24,25). The van der Waals surface area contributed by atoms with E-state index in [1.807, 2.05) is 32.0 Å². The molecule has 1 aromatic rings. The van der Waals surface area contributed by atoms with Crippen LogP contribution in [0, 0.1) is 13.8 Å². The molecule has 0 fully saturated rings. The van der Waals surface area contributed by atoms with Crippen molar-refractivity contribution in [3.05, 3.63) is 34.9 Å². The van der Waals surface area contributed by atoms with Gasteiger partial charge in [0.2, 0.25) is 5.96 Å². The fourth-order valence-electron chi connectivity index (χ4n) is 1.98. The third-order valence-corrected chi connectivity index (χ3v) is 3.23. The lowest BCUT2D eigenvalue weighted by Gasteiger charge is -2.22. The van der Waals surface area contributed by atoms with Gasteiger partial charge in [-0.2, -0.15) is 0 Å². The number of nitrogens with zero attached hydrogens (tertiary/aromatic N) is 1. The van der Waals surface area contributed by atoms with E-state index in [9.17, 15) is 9.59 Å². The first-order chi connectivity index (χ1) is 12.2. The summed E-state index contributed by atoms with van der Waals surface area (Å²) in [6.07, 6.45) is -1.42. The van der Waals surface area contributed by atoms with Gasteiger partial charge >= 0.3 is 12.2 Å². The van der Waals surface area contributed by atoms with E-state index >= 15 is 0 Å². The largest absolute Gasteiger partial charge is 0.444 e. The fraction of sp³-hybridized carbons (Fsp3) is 0.550. The number of amides is 2. The molecule has 0 radical (unpaired) electrons. The van der Waals surface area contributed by atoms with Gasteiger partial charge < -0.3 is 9.47 Å². The number of alkyl carbamates (subject to hydrolysis) is 2. The number of rotatable bonds is 2. The van der Waals surface area contributed by atoms with E-state index in [4.69, 9.17) is 9.47 Å². The van der Waals surface area contributed by atoms with Crippen LogP contribution >= 0.6 is 0 Å². The molecular formula is C20H31N3O4. The summed E-state index contributed by atoms with van der Waals surface area (Å²) >= 11 is 0. The van der Waals surface area contributed by atoms with Crippen molar-refractivity contribution in [2.45, 2.75) is 73.1 Å². The highest BCUT2D eigenvalue weighted by atomic mass is 16.6. The zero-order chi connectivity index (χ0) is 20.8. The van der Waals surface area contributed by atoms with Gasteiger partial charge in [0, 0.05) is 0 Å². The topological polar surface area (TPSA) is 89.0 Å². The number of aliphatic imine (C=N–C) groups is 1. The van der Waals surface area contributed by atoms with Crippen molar-refractivity contribution < 1.29 is 19.1 Å². The van der Waals surface area contributed by atoms with Crippen molar-refractivity contribution in [1.82, 2.24) is 10.6 Å². The van der Waals surface area contributed by atoms with Gasteiger partial charge in [-0.05, 0) is 72.1 Å². The van der Waals surface area contributed by atoms with Crippen molar-refractivity contribution in [2.75, 3.05) is 0 Å². The predicted octanol–water partition coefficient (Wildman–Crippen LogP) is 4.21. The van der Waals surface area contributed by atoms with Crippen LogP contribution < -0.4 is 10.6 Å². The van der Waals surface area contributed by atoms with Gasteiger partial charge in [0.05, 0.1) is 6.54 Å². The summed E-state index contributed by atoms with van der Waals surface area (Å²) in [4.78, 5) is 28.4. The number of ether oxygens (including phenoxy) is 2. The number of guanidine groups is 1. The minimum absolute atomic E-state index is 0.0308. The van der Waals surface area contributed by atoms with E-state index in [0.29, 0.717) is 0 Å². The summed E-state index contributed by atoms with van der Waals surface area (Å²) in [5.41, 5.74) is 1.93. The minimum Gasteiger partial charge on any atom is -0.444 e. The molecule has 2 amide bonds. The van der Waals surface area contributed by atoms with Crippen LogP contribution in [-0.2, 0) is 16.0 Å². The molecule has 0 saturated carbocycles. The van der Waals surface area contributed by atoms with Crippen LogP contribution in [0.5, 0.6) is 0 Å². The molecule has 0 saturated heterocycles. The van der Waals surface area contributed by atoms with Crippen molar-refractivity contribution in [3.8, 4) is 0 Å². The van der Waals surface area contributed by atoms with Crippen molar-refractivity contribution in [2.24, 2.45) is 4.99 Å². The van der Waals surface area contributed by atoms with E-state index in [1.165, 1.54) is 5.56 Å². The maximum atomic E-state index is 12.0. The first-order valence-electron chi connectivity index (χ1n) is 8.86. The highest BCUT2D eigenvalue weighted by Crippen LogP contribution is 2.11. The van der Waals surface area contributed by atoms with Gasteiger partial charge in [-0.1, -0.05) is 18.2 Å². The molecule has 27 heavy (non-hydrogen) atoms. The van der Waals surface area contributed by atoms with Gasteiger partial charge in [0.1, 0.15) is 11.2 Å². The SMILES string of the molecule is Cc1ccc(CN=C(NC(=O)OC(C)(C)C)NC(=O)OC(C)(C)C)cc1C. The molecule has 0 aliphatic rings. The number of hydrogen-bond donors (Lipinski definition) is 2. The summed E-state index contributed by atoms with van der Waals surface area (Å²) in [5, 5.41) is 4.93. The smallest absolute Gasteiger partial charge is 0.414 e. The molecule has 0 spiro atoms. The first kappa shape index (κ1) is 22.5. The van der Waals surface area contributed by atoms with Gasteiger partial charge in [-0.25, -0.2) is 14.6 Å². The fourth-order valence-corrected chi connectivity index (χ4v) is 1.98. The lowest BCUT2D eigenvalue weighted by molar-refractivity contribution is 0.0545. The highest BCUT2D eigenvalue weighted by molar-refractivity contribution is 6.01. The number of carbonyl (C=O) groups is 2. The normalized spacial score (nSPS) is 11.4. The molecule has 2 N–H and O–H groups in total. The Morgan fingerprint density at radius 3 is 1.78 bits per heavy atom. The second-order valence-corrected chi connectivity index (χ2v) is 8.34. The molecule has 0 bridgehead atoms. The molecule has 0 aliphatic carbocycles. The monoisotopic (exact) mass is 377 g/mol. The van der Waals surface area contributed by atoms with Crippen LogP contribution in [-0.4, -0.2) is 29.3 Å². The van der Waals surface area contributed by atoms with E-state index in [-0.39, 0.29) is 12.5 Å².